The van der Waals surface area contributed by atoms with Crippen LogP contribution in [-0.4, -0.2) is 5.38 Å². The lowest BCUT2D eigenvalue weighted by Gasteiger charge is -2.13. The van der Waals surface area contributed by atoms with Gasteiger partial charge in [0.05, 0.1) is 0 Å². The summed E-state index contributed by atoms with van der Waals surface area (Å²) in [5.74, 6) is 0.525. The maximum atomic E-state index is 6.23. The van der Waals surface area contributed by atoms with E-state index in [2.05, 4.69) is 54.9 Å². The fraction of sp³-hybridized carbons (Fsp3) is 0.500. The van der Waals surface area contributed by atoms with E-state index in [1.807, 2.05) is 0 Å². The van der Waals surface area contributed by atoms with Gasteiger partial charge >= 0.3 is 0 Å². The Bertz CT molecular complexity index is 307. The van der Waals surface area contributed by atoms with E-state index >= 15 is 0 Å². The number of hydrogen-bond acceptors (Lipinski definition) is 0. The summed E-state index contributed by atoms with van der Waals surface area (Å²) in [5.41, 5.74) is 2.57. The molecule has 1 atom stereocenters. The fourth-order valence-corrected chi connectivity index (χ4v) is 1.83. The van der Waals surface area contributed by atoms with Crippen LogP contribution in [0.15, 0.2) is 22.7 Å². The molecule has 0 aliphatic carbocycles. The Kier molecular flexibility index (Phi) is 4.46. The van der Waals surface area contributed by atoms with Crippen molar-refractivity contribution < 1.29 is 0 Å². The van der Waals surface area contributed by atoms with E-state index in [1.165, 1.54) is 15.6 Å². The molecule has 0 nitrogen and oxygen atoms in total. The molecular weight excluding hydrogens is 259 g/mol. The summed E-state index contributed by atoms with van der Waals surface area (Å²) < 4.78 is 1.17. The van der Waals surface area contributed by atoms with Gasteiger partial charge in [0, 0.05) is 9.85 Å². The fourth-order valence-electron chi connectivity index (χ4n) is 1.22. The van der Waals surface area contributed by atoms with E-state index in [0.717, 1.165) is 6.42 Å². The minimum Gasteiger partial charge on any atom is -0.122 e. The molecule has 1 unspecified atom stereocenters. The van der Waals surface area contributed by atoms with Crippen LogP contribution in [-0.2, 0) is 6.42 Å². The van der Waals surface area contributed by atoms with Gasteiger partial charge in [-0.2, -0.15) is 0 Å². The molecule has 1 rings (SSSR count). The number of hydrogen-bond donors (Lipinski definition) is 0. The Morgan fingerprint density at radius 2 is 2.00 bits per heavy atom. The smallest absolute Gasteiger partial charge is 0.0399 e. The van der Waals surface area contributed by atoms with Crippen molar-refractivity contribution in [2.45, 2.75) is 32.6 Å². The number of aryl methyl sites for hydroxylation is 1. The van der Waals surface area contributed by atoms with Crippen molar-refractivity contribution in [2.75, 3.05) is 0 Å². The standard InChI is InChI=1S/C12H16BrCl/c1-8(2)12(14)7-10-5-4-9(3)11(13)6-10/h4-6,8,12H,7H2,1-3H3. The third kappa shape index (κ3) is 3.29. The average Bonchev–Trinajstić information content (AvgIpc) is 2.11. The zero-order chi connectivity index (χ0) is 10.7. The van der Waals surface area contributed by atoms with Gasteiger partial charge in [0.25, 0.3) is 0 Å². The molecule has 0 spiro atoms. The molecule has 0 bridgehead atoms. The van der Waals surface area contributed by atoms with E-state index in [-0.39, 0.29) is 5.38 Å². The van der Waals surface area contributed by atoms with Gasteiger partial charge in [-0.3, -0.25) is 0 Å². The molecule has 0 aliphatic rings. The lowest BCUT2D eigenvalue weighted by molar-refractivity contribution is 0.596. The first kappa shape index (κ1) is 12.1. The number of benzene rings is 1. The highest BCUT2D eigenvalue weighted by Crippen LogP contribution is 2.21. The Hall–Kier alpha value is -0.0100. The first-order chi connectivity index (χ1) is 6.50. The van der Waals surface area contributed by atoms with Gasteiger partial charge in [0.15, 0.2) is 0 Å². The van der Waals surface area contributed by atoms with Gasteiger partial charge in [0.1, 0.15) is 0 Å². The molecular formula is C12H16BrCl. The SMILES string of the molecule is Cc1ccc(CC(Cl)C(C)C)cc1Br. The molecule has 0 aromatic heterocycles. The summed E-state index contributed by atoms with van der Waals surface area (Å²) in [7, 11) is 0. The molecule has 0 saturated heterocycles. The van der Waals surface area contributed by atoms with Crippen molar-refractivity contribution >= 4 is 27.5 Å². The molecule has 14 heavy (non-hydrogen) atoms. The Balaban J connectivity index is 2.73. The normalized spacial score (nSPS) is 13.3. The van der Waals surface area contributed by atoms with Crippen LogP contribution in [0.3, 0.4) is 0 Å². The van der Waals surface area contributed by atoms with Crippen LogP contribution >= 0.6 is 27.5 Å². The zero-order valence-corrected chi connectivity index (χ0v) is 11.2. The van der Waals surface area contributed by atoms with Crippen molar-refractivity contribution in [2.24, 2.45) is 5.92 Å². The monoisotopic (exact) mass is 274 g/mol. The largest absolute Gasteiger partial charge is 0.122 e. The molecule has 1 aromatic carbocycles. The van der Waals surface area contributed by atoms with E-state index < -0.39 is 0 Å². The lowest BCUT2D eigenvalue weighted by atomic mass is 10.0. The first-order valence-electron chi connectivity index (χ1n) is 4.90. The summed E-state index contributed by atoms with van der Waals surface area (Å²) >= 11 is 9.76. The average molecular weight is 276 g/mol. The predicted molar refractivity (Wildman–Crippen MR) is 67.1 cm³/mol. The highest BCUT2D eigenvalue weighted by Gasteiger charge is 2.10. The molecule has 78 valence electrons. The number of halogens is 2. The van der Waals surface area contributed by atoms with Crippen molar-refractivity contribution in [1.29, 1.82) is 0 Å². The second kappa shape index (κ2) is 5.18. The second-order valence-electron chi connectivity index (χ2n) is 4.05. The van der Waals surface area contributed by atoms with Gasteiger partial charge in [0.2, 0.25) is 0 Å². The molecule has 0 heterocycles. The van der Waals surface area contributed by atoms with E-state index in [4.69, 9.17) is 11.6 Å². The third-order valence-corrected chi connectivity index (χ3v) is 3.90. The summed E-state index contributed by atoms with van der Waals surface area (Å²) in [6.45, 7) is 6.40. The quantitative estimate of drug-likeness (QED) is 0.709. The van der Waals surface area contributed by atoms with Crippen LogP contribution in [0.25, 0.3) is 0 Å². The number of alkyl halides is 1. The van der Waals surface area contributed by atoms with Gasteiger partial charge in [-0.25, -0.2) is 0 Å². The van der Waals surface area contributed by atoms with Crippen molar-refractivity contribution in [1.82, 2.24) is 0 Å². The van der Waals surface area contributed by atoms with Gasteiger partial charge < -0.3 is 0 Å². The molecule has 0 radical (unpaired) electrons. The third-order valence-electron chi connectivity index (χ3n) is 2.39. The Labute approximate surface area is 99.8 Å². The predicted octanol–water partition coefficient (Wildman–Crippen LogP) is 4.56. The molecule has 0 saturated carbocycles. The molecule has 0 amide bonds. The topological polar surface area (TPSA) is 0 Å². The maximum absolute atomic E-state index is 6.23. The summed E-state index contributed by atoms with van der Waals surface area (Å²) in [6.07, 6.45) is 0.943. The molecule has 0 fully saturated rings. The van der Waals surface area contributed by atoms with Gasteiger partial charge in [-0.15, -0.1) is 11.6 Å². The summed E-state index contributed by atoms with van der Waals surface area (Å²) in [4.78, 5) is 0. The van der Waals surface area contributed by atoms with Crippen LogP contribution < -0.4 is 0 Å². The highest BCUT2D eigenvalue weighted by molar-refractivity contribution is 9.10. The van der Waals surface area contributed by atoms with Crippen LogP contribution in [0.4, 0.5) is 0 Å². The van der Waals surface area contributed by atoms with Gasteiger partial charge in [-0.05, 0) is 36.5 Å². The van der Waals surface area contributed by atoms with E-state index in [9.17, 15) is 0 Å². The van der Waals surface area contributed by atoms with E-state index in [1.54, 1.807) is 0 Å². The van der Waals surface area contributed by atoms with Crippen LogP contribution in [0.1, 0.15) is 25.0 Å². The minimum absolute atomic E-state index is 0.226. The Morgan fingerprint density at radius 1 is 1.36 bits per heavy atom. The Morgan fingerprint density at radius 3 is 2.50 bits per heavy atom. The summed E-state index contributed by atoms with van der Waals surface area (Å²) in [6, 6.07) is 6.44. The van der Waals surface area contributed by atoms with Crippen molar-refractivity contribution in [3.63, 3.8) is 0 Å². The highest BCUT2D eigenvalue weighted by atomic mass is 79.9. The van der Waals surface area contributed by atoms with Crippen LogP contribution in [0.2, 0.25) is 0 Å². The number of rotatable bonds is 3. The van der Waals surface area contributed by atoms with Crippen molar-refractivity contribution in [3.05, 3.63) is 33.8 Å². The lowest BCUT2D eigenvalue weighted by Crippen LogP contribution is -2.11. The van der Waals surface area contributed by atoms with Crippen molar-refractivity contribution in [3.8, 4) is 0 Å². The molecule has 1 aromatic rings. The minimum atomic E-state index is 0.226. The summed E-state index contributed by atoms with van der Waals surface area (Å²) in [5, 5.41) is 0.226. The second-order valence-corrected chi connectivity index (χ2v) is 5.46. The van der Waals surface area contributed by atoms with Gasteiger partial charge in [-0.1, -0.05) is 41.9 Å². The van der Waals surface area contributed by atoms with Crippen LogP contribution in [0.5, 0.6) is 0 Å². The molecule has 0 N–H and O–H groups in total. The first-order valence-corrected chi connectivity index (χ1v) is 6.12. The maximum Gasteiger partial charge on any atom is 0.0399 e. The van der Waals surface area contributed by atoms with E-state index in [0.29, 0.717) is 5.92 Å². The zero-order valence-electron chi connectivity index (χ0n) is 8.85. The molecule has 2 heteroatoms. The molecule has 0 aliphatic heterocycles. The van der Waals surface area contributed by atoms with Crippen LogP contribution in [0, 0.1) is 12.8 Å².